The number of benzene rings is 1. The zero-order valence-electron chi connectivity index (χ0n) is 13.7. The summed E-state index contributed by atoms with van der Waals surface area (Å²) in [6, 6.07) is 10.2. The molecule has 1 heterocycles. The quantitative estimate of drug-likeness (QED) is 0.915. The van der Waals surface area contributed by atoms with Crippen LogP contribution in [0.2, 0.25) is 0 Å². The molecule has 6 nitrogen and oxygen atoms in total. The summed E-state index contributed by atoms with van der Waals surface area (Å²) in [7, 11) is 3.13. The summed E-state index contributed by atoms with van der Waals surface area (Å²) < 4.78 is 6.30. The SMILES string of the molecule is COc1ccc([C@H](NC(=O)c2ccc(=O)n(C)n2)C(C)C)cc1. The summed E-state index contributed by atoms with van der Waals surface area (Å²) in [5, 5.41) is 6.95. The molecular formula is C17H21N3O3. The molecule has 0 aliphatic carbocycles. The lowest BCUT2D eigenvalue weighted by Crippen LogP contribution is -2.33. The van der Waals surface area contributed by atoms with Crippen LogP contribution < -0.4 is 15.6 Å². The summed E-state index contributed by atoms with van der Waals surface area (Å²) in [6.07, 6.45) is 0. The maximum absolute atomic E-state index is 12.4. The van der Waals surface area contributed by atoms with Crippen LogP contribution in [0.5, 0.6) is 5.75 Å². The molecule has 0 fully saturated rings. The first kappa shape index (κ1) is 16.7. The van der Waals surface area contributed by atoms with Crippen LogP contribution in [0.3, 0.4) is 0 Å². The monoisotopic (exact) mass is 315 g/mol. The number of hydrogen-bond donors (Lipinski definition) is 1. The smallest absolute Gasteiger partial charge is 0.272 e. The molecule has 0 saturated carbocycles. The molecule has 0 bridgehead atoms. The molecule has 1 N–H and O–H groups in total. The van der Waals surface area contributed by atoms with E-state index in [4.69, 9.17) is 4.74 Å². The summed E-state index contributed by atoms with van der Waals surface area (Å²) in [5.74, 6) is 0.650. The van der Waals surface area contributed by atoms with E-state index in [9.17, 15) is 9.59 Å². The van der Waals surface area contributed by atoms with Crippen molar-refractivity contribution in [1.82, 2.24) is 15.1 Å². The number of hydrogen-bond acceptors (Lipinski definition) is 4. The fourth-order valence-corrected chi connectivity index (χ4v) is 2.28. The lowest BCUT2D eigenvalue weighted by molar-refractivity contribution is 0.0918. The van der Waals surface area contributed by atoms with Gasteiger partial charge in [-0.3, -0.25) is 9.59 Å². The molecule has 0 saturated heterocycles. The van der Waals surface area contributed by atoms with Crippen LogP contribution in [0.15, 0.2) is 41.2 Å². The Hall–Kier alpha value is -2.63. The summed E-state index contributed by atoms with van der Waals surface area (Å²) in [4.78, 5) is 23.8. The van der Waals surface area contributed by atoms with Crippen molar-refractivity contribution in [1.29, 1.82) is 0 Å². The Kier molecular flexibility index (Phi) is 5.16. The van der Waals surface area contributed by atoms with Gasteiger partial charge >= 0.3 is 0 Å². The molecule has 2 rings (SSSR count). The van der Waals surface area contributed by atoms with Gasteiger partial charge in [0.15, 0.2) is 0 Å². The number of aromatic nitrogens is 2. The Balaban J connectivity index is 2.22. The van der Waals surface area contributed by atoms with Crippen molar-refractivity contribution in [2.45, 2.75) is 19.9 Å². The van der Waals surface area contributed by atoms with Crippen molar-refractivity contribution in [3.8, 4) is 5.75 Å². The highest BCUT2D eigenvalue weighted by Crippen LogP contribution is 2.24. The predicted octanol–water partition coefficient (Wildman–Crippen LogP) is 1.92. The Morgan fingerprint density at radius 2 is 1.83 bits per heavy atom. The Bertz CT molecular complexity index is 735. The Labute approximate surface area is 135 Å². The maximum Gasteiger partial charge on any atom is 0.272 e. The fraction of sp³-hybridized carbons (Fsp3) is 0.353. The highest BCUT2D eigenvalue weighted by atomic mass is 16.5. The number of carbonyl (C=O) groups excluding carboxylic acids is 1. The van der Waals surface area contributed by atoms with Crippen molar-refractivity contribution < 1.29 is 9.53 Å². The molecule has 6 heteroatoms. The number of aryl methyl sites for hydroxylation is 1. The second-order valence-corrected chi connectivity index (χ2v) is 5.65. The molecule has 0 aliphatic rings. The minimum absolute atomic E-state index is 0.160. The van der Waals surface area contributed by atoms with Gasteiger partial charge in [0.05, 0.1) is 13.2 Å². The van der Waals surface area contributed by atoms with E-state index in [-0.39, 0.29) is 29.1 Å². The van der Waals surface area contributed by atoms with E-state index in [1.165, 1.54) is 19.2 Å². The van der Waals surface area contributed by atoms with Gasteiger partial charge in [-0.25, -0.2) is 4.68 Å². The molecule has 23 heavy (non-hydrogen) atoms. The Morgan fingerprint density at radius 1 is 1.17 bits per heavy atom. The lowest BCUT2D eigenvalue weighted by atomic mass is 9.96. The zero-order valence-corrected chi connectivity index (χ0v) is 13.7. The zero-order chi connectivity index (χ0) is 17.0. The van der Waals surface area contributed by atoms with Gasteiger partial charge in [-0.2, -0.15) is 5.10 Å². The molecular weight excluding hydrogens is 294 g/mol. The number of carbonyl (C=O) groups is 1. The molecule has 1 aromatic carbocycles. The number of nitrogens with one attached hydrogen (secondary N) is 1. The normalized spacial score (nSPS) is 12.0. The van der Waals surface area contributed by atoms with Gasteiger partial charge in [0.1, 0.15) is 11.4 Å². The molecule has 1 atom stereocenters. The summed E-state index contributed by atoms with van der Waals surface area (Å²) >= 11 is 0. The van der Waals surface area contributed by atoms with Crippen LogP contribution in [0.1, 0.15) is 35.9 Å². The second kappa shape index (κ2) is 7.09. The van der Waals surface area contributed by atoms with Gasteiger partial charge in [-0.05, 0) is 29.7 Å². The number of ether oxygens (including phenoxy) is 1. The van der Waals surface area contributed by atoms with Crippen molar-refractivity contribution in [2.24, 2.45) is 13.0 Å². The van der Waals surface area contributed by atoms with Gasteiger partial charge in [0.25, 0.3) is 11.5 Å². The molecule has 0 radical (unpaired) electrons. The fourth-order valence-electron chi connectivity index (χ4n) is 2.28. The molecule has 122 valence electrons. The minimum Gasteiger partial charge on any atom is -0.497 e. The van der Waals surface area contributed by atoms with Gasteiger partial charge in [-0.1, -0.05) is 26.0 Å². The van der Waals surface area contributed by atoms with E-state index in [2.05, 4.69) is 10.4 Å². The number of rotatable bonds is 5. The van der Waals surface area contributed by atoms with Crippen LogP contribution >= 0.6 is 0 Å². The number of nitrogens with zero attached hydrogens (tertiary/aromatic N) is 2. The number of methoxy groups -OCH3 is 1. The average Bonchev–Trinajstić information content (AvgIpc) is 2.54. The number of amides is 1. The summed E-state index contributed by atoms with van der Waals surface area (Å²) in [6.45, 7) is 4.06. The van der Waals surface area contributed by atoms with Gasteiger partial charge in [-0.15, -0.1) is 0 Å². The van der Waals surface area contributed by atoms with Crippen LogP contribution in [-0.4, -0.2) is 22.8 Å². The molecule has 1 amide bonds. The third-order valence-electron chi connectivity index (χ3n) is 3.62. The van der Waals surface area contributed by atoms with Crippen LogP contribution in [0, 0.1) is 5.92 Å². The van der Waals surface area contributed by atoms with Crippen molar-refractivity contribution >= 4 is 5.91 Å². The van der Waals surface area contributed by atoms with E-state index < -0.39 is 0 Å². The average molecular weight is 315 g/mol. The third kappa shape index (κ3) is 3.97. The van der Waals surface area contributed by atoms with Gasteiger partial charge in [0, 0.05) is 13.1 Å². The largest absolute Gasteiger partial charge is 0.497 e. The van der Waals surface area contributed by atoms with Crippen molar-refractivity contribution in [3.05, 3.63) is 58.0 Å². The van der Waals surface area contributed by atoms with Gasteiger partial charge < -0.3 is 10.1 Å². The first-order valence-electron chi connectivity index (χ1n) is 7.41. The standard InChI is InChI=1S/C17H21N3O3/c1-11(2)16(12-5-7-13(23-4)8-6-12)18-17(22)14-9-10-15(21)20(3)19-14/h5-11,16H,1-4H3,(H,18,22)/t16-/m1/s1. The van der Waals surface area contributed by atoms with Crippen LogP contribution in [0.4, 0.5) is 0 Å². The van der Waals surface area contributed by atoms with E-state index >= 15 is 0 Å². The topological polar surface area (TPSA) is 73.2 Å². The second-order valence-electron chi connectivity index (χ2n) is 5.65. The molecule has 2 aromatic rings. The lowest BCUT2D eigenvalue weighted by Gasteiger charge is -2.23. The van der Waals surface area contributed by atoms with Crippen LogP contribution in [0.25, 0.3) is 0 Å². The molecule has 0 spiro atoms. The first-order valence-corrected chi connectivity index (χ1v) is 7.41. The summed E-state index contributed by atoms with van der Waals surface area (Å²) in [5.41, 5.74) is 0.947. The Morgan fingerprint density at radius 3 is 2.35 bits per heavy atom. The third-order valence-corrected chi connectivity index (χ3v) is 3.62. The first-order chi connectivity index (χ1) is 10.9. The molecule has 0 unspecified atom stereocenters. The van der Waals surface area contributed by atoms with Crippen molar-refractivity contribution in [3.63, 3.8) is 0 Å². The van der Waals surface area contributed by atoms with E-state index in [1.807, 2.05) is 38.1 Å². The maximum atomic E-state index is 12.4. The van der Waals surface area contributed by atoms with E-state index in [0.717, 1.165) is 16.0 Å². The highest BCUT2D eigenvalue weighted by molar-refractivity contribution is 5.92. The highest BCUT2D eigenvalue weighted by Gasteiger charge is 2.20. The van der Waals surface area contributed by atoms with E-state index in [0.29, 0.717) is 0 Å². The van der Waals surface area contributed by atoms with E-state index in [1.54, 1.807) is 7.11 Å². The van der Waals surface area contributed by atoms with Crippen LogP contribution in [-0.2, 0) is 7.05 Å². The van der Waals surface area contributed by atoms with Gasteiger partial charge in [0.2, 0.25) is 0 Å². The minimum atomic E-state index is -0.310. The van der Waals surface area contributed by atoms with Crippen molar-refractivity contribution in [2.75, 3.05) is 7.11 Å². The predicted molar refractivity (Wildman–Crippen MR) is 87.5 cm³/mol. The molecule has 0 aliphatic heterocycles. The molecule has 1 aromatic heterocycles.